The second kappa shape index (κ2) is 5.40. The van der Waals surface area contributed by atoms with Gasteiger partial charge in [-0.25, -0.2) is 0 Å². The summed E-state index contributed by atoms with van der Waals surface area (Å²) in [5, 5.41) is 13.8. The SMILES string of the molecule is CCC(CC(N)=NO)NC(C)=O. The highest BCUT2D eigenvalue weighted by Gasteiger charge is 2.08. The van der Waals surface area contributed by atoms with E-state index in [0.717, 1.165) is 6.42 Å². The molecule has 5 nitrogen and oxygen atoms in total. The molecule has 0 aromatic heterocycles. The Labute approximate surface area is 71.6 Å². The third kappa shape index (κ3) is 4.54. The number of nitrogens with two attached hydrogens (primary N) is 1. The van der Waals surface area contributed by atoms with Crippen molar-refractivity contribution in [2.45, 2.75) is 32.7 Å². The number of carbonyl (C=O) groups is 1. The molecule has 0 bridgehead atoms. The van der Waals surface area contributed by atoms with Gasteiger partial charge in [-0.2, -0.15) is 0 Å². The molecule has 0 fully saturated rings. The molecule has 70 valence electrons. The molecule has 0 aromatic carbocycles. The largest absolute Gasteiger partial charge is 0.409 e. The third-order valence-electron chi connectivity index (χ3n) is 1.48. The van der Waals surface area contributed by atoms with E-state index in [1.54, 1.807) is 0 Å². The Kier molecular flexibility index (Phi) is 4.83. The van der Waals surface area contributed by atoms with Crippen molar-refractivity contribution in [3.63, 3.8) is 0 Å². The summed E-state index contributed by atoms with van der Waals surface area (Å²) in [4.78, 5) is 10.6. The number of amidine groups is 1. The molecule has 0 aliphatic heterocycles. The predicted molar refractivity (Wildman–Crippen MR) is 45.9 cm³/mol. The molecule has 0 heterocycles. The van der Waals surface area contributed by atoms with Gasteiger partial charge < -0.3 is 16.3 Å². The minimum absolute atomic E-state index is 0.0431. The Balaban J connectivity index is 3.91. The summed E-state index contributed by atoms with van der Waals surface area (Å²) < 4.78 is 0. The Morgan fingerprint density at radius 2 is 2.33 bits per heavy atom. The van der Waals surface area contributed by atoms with Crippen molar-refractivity contribution in [3.8, 4) is 0 Å². The zero-order valence-corrected chi connectivity index (χ0v) is 7.37. The van der Waals surface area contributed by atoms with E-state index in [1.807, 2.05) is 6.92 Å². The number of nitrogens with one attached hydrogen (secondary N) is 1. The Morgan fingerprint density at radius 1 is 1.75 bits per heavy atom. The van der Waals surface area contributed by atoms with Gasteiger partial charge in [0.25, 0.3) is 0 Å². The highest BCUT2D eigenvalue weighted by Crippen LogP contribution is 1.96. The van der Waals surface area contributed by atoms with Crippen LogP contribution in [0.4, 0.5) is 0 Å². The first-order chi connectivity index (χ1) is 5.60. The lowest BCUT2D eigenvalue weighted by Crippen LogP contribution is -2.36. The predicted octanol–water partition coefficient (Wildman–Crippen LogP) is 0.0376. The molecule has 0 aliphatic rings. The zero-order chi connectivity index (χ0) is 9.56. The number of rotatable bonds is 4. The molecule has 1 atom stereocenters. The van der Waals surface area contributed by atoms with Crippen LogP contribution >= 0.6 is 0 Å². The second-order valence-corrected chi connectivity index (χ2v) is 2.60. The first-order valence-electron chi connectivity index (χ1n) is 3.83. The van der Waals surface area contributed by atoms with Crippen molar-refractivity contribution in [2.24, 2.45) is 10.9 Å². The summed E-state index contributed by atoms with van der Waals surface area (Å²) >= 11 is 0. The molecule has 0 aromatic rings. The van der Waals surface area contributed by atoms with Gasteiger partial charge in [0.15, 0.2) is 0 Å². The highest BCUT2D eigenvalue weighted by molar-refractivity contribution is 5.81. The van der Waals surface area contributed by atoms with Gasteiger partial charge >= 0.3 is 0 Å². The molecule has 0 spiro atoms. The summed E-state index contributed by atoms with van der Waals surface area (Å²) in [5.74, 6) is 0.0307. The van der Waals surface area contributed by atoms with Gasteiger partial charge in [0.05, 0.1) is 0 Å². The quantitative estimate of drug-likeness (QED) is 0.243. The van der Waals surface area contributed by atoms with Crippen molar-refractivity contribution in [1.29, 1.82) is 0 Å². The van der Waals surface area contributed by atoms with Crippen LogP contribution in [0.25, 0.3) is 0 Å². The molecule has 0 radical (unpaired) electrons. The fourth-order valence-electron chi connectivity index (χ4n) is 0.878. The summed E-state index contributed by atoms with van der Waals surface area (Å²) in [6.07, 6.45) is 1.14. The van der Waals surface area contributed by atoms with Crippen LogP contribution in [0.5, 0.6) is 0 Å². The van der Waals surface area contributed by atoms with Gasteiger partial charge in [-0.15, -0.1) is 0 Å². The molecule has 4 N–H and O–H groups in total. The van der Waals surface area contributed by atoms with Crippen molar-refractivity contribution in [1.82, 2.24) is 5.32 Å². The van der Waals surface area contributed by atoms with E-state index < -0.39 is 0 Å². The lowest BCUT2D eigenvalue weighted by molar-refractivity contribution is -0.119. The molecular formula is C7H15N3O2. The van der Waals surface area contributed by atoms with E-state index in [9.17, 15) is 4.79 Å². The van der Waals surface area contributed by atoms with Crippen LogP contribution in [0.3, 0.4) is 0 Å². The monoisotopic (exact) mass is 173 g/mol. The Bertz CT molecular complexity index is 179. The van der Waals surface area contributed by atoms with E-state index in [2.05, 4.69) is 10.5 Å². The van der Waals surface area contributed by atoms with Gasteiger partial charge in [0.1, 0.15) is 5.84 Å². The van der Waals surface area contributed by atoms with E-state index >= 15 is 0 Å². The molecule has 0 rings (SSSR count). The number of hydrogen-bond acceptors (Lipinski definition) is 3. The van der Waals surface area contributed by atoms with Crippen molar-refractivity contribution in [3.05, 3.63) is 0 Å². The Morgan fingerprint density at radius 3 is 2.67 bits per heavy atom. The van der Waals surface area contributed by atoms with Crippen LogP contribution in [-0.2, 0) is 4.79 Å². The van der Waals surface area contributed by atoms with Crippen LogP contribution in [-0.4, -0.2) is 23.0 Å². The molecule has 12 heavy (non-hydrogen) atoms. The summed E-state index contributed by atoms with van der Waals surface area (Å²) in [5.41, 5.74) is 5.27. The Hall–Kier alpha value is -1.26. The van der Waals surface area contributed by atoms with E-state index in [1.165, 1.54) is 6.92 Å². The minimum Gasteiger partial charge on any atom is -0.409 e. The number of nitrogens with zero attached hydrogens (tertiary/aromatic N) is 1. The van der Waals surface area contributed by atoms with E-state index in [-0.39, 0.29) is 17.8 Å². The number of amides is 1. The fraction of sp³-hybridized carbons (Fsp3) is 0.714. The molecule has 1 amide bonds. The summed E-state index contributed by atoms with van der Waals surface area (Å²) in [6.45, 7) is 3.36. The van der Waals surface area contributed by atoms with E-state index in [0.29, 0.717) is 6.42 Å². The smallest absolute Gasteiger partial charge is 0.217 e. The van der Waals surface area contributed by atoms with Gasteiger partial charge in [-0.1, -0.05) is 12.1 Å². The van der Waals surface area contributed by atoms with Crippen molar-refractivity contribution >= 4 is 11.7 Å². The number of oxime groups is 1. The zero-order valence-electron chi connectivity index (χ0n) is 7.37. The molecular weight excluding hydrogens is 158 g/mol. The maximum absolute atomic E-state index is 10.6. The van der Waals surface area contributed by atoms with Crippen LogP contribution in [0, 0.1) is 0 Å². The third-order valence-corrected chi connectivity index (χ3v) is 1.48. The van der Waals surface area contributed by atoms with Crippen LogP contribution in [0.2, 0.25) is 0 Å². The van der Waals surface area contributed by atoms with Gasteiger partial charge in [0.2, 0.25) is 5.91 Å². The van der Waals surface area contributed by atoms with Gasteiger partial charge in [-0.3, -0.25) is 4.79 Å². The van der Waals surface area contributed by atoms with Crippen LogP contribution in [0.1, 0.15) is 26.7 Å². The van der Waals surface area contributed by atoms with E-state index in [4.69, 9.17) is 10.9 Å². The number of carbonyl (C=O) groups excluding carboxylic acids is 1. The average Bonchev–Trinajstić information content (AvgIpc) is 2.02. The first kappa shape index (κ1) is 10.7. The average molecular weight is 173 g/mol. The first-order valence-corrected chi connectivity index (χ1v) is 3.83. The molecule has 0 saturated heterocycles. The highest BCUT2D eigenvalue weighted by atomic mass is 16.4. The minimum atomic E-state index is -0.104. The van der Waals surface area contributed by atoms with Gasteiger partial charge in [-0.05, 0) is 6.42 Å². The molecule has 0 saturated carbocycles. The molecule has 1 unspecified atom stereocenters. The maximum atomic E-state index is 10.6. The van der Waals surface area contributed by atoms with Gasteiger partial charge in [0, 0.05) is 19.4 Å². The lowest BCUT2D eigenvalue weighted by Gasteiger charge is -2.14. The topological polar surface area (TPSA) is 87.7 Å². The molecule has 5 heteroatoms. The second-order valence-electron chi connectivity index (χ2n) is 2.60. The normalized spacial score (nSPS) is 14.0. The fourth-order valence-corrected chi connectivity index (χ4v) is 0.878. The number of hydrogen-bond donors (Lipinski definition) is 3. The van der Waals surface area contributed by atoms with Crippen LogP contribution < -0.4 is 11.1 Å². The summed E-state index contributed by atoms with van der Waals surface area (Å²) in [6, 6.07) is -0.0431. The van der Waals surface area contributed by atoms with Crippen molar-refractivity contribution in [2.75, 3.05) is 0 Å². The molecule has 0 aliphatic carbocycles. The standard InChI is InChI=1S/C7H15N3O2/c1-3-6(9-5(2)11)4-7(8)10-12/h6,12H,3-4H2,1-2H3,(H2,8,10)(H,9,11). The maximum Gasteiger partial charge on any atom is 0.217 e. The lowest BCUT2D eigenvalue weighted by atomic mass is 10.1. The summed E-state index contributed by atoms with van der Waals surface area (Å²) in [7, 11) is 0. The van der Waals surface area contributed by atoms with Crippen molar-refractivity contribution < 1.29 is 10.0 Å². The van der Waals surface area contributed by atoms with Crippen LogP contribution in [0.15, 0.2) is 5.16 Å².